The molecule has 5 heteroatoms. The molecule has 4 nitrogen and oxygen atoms in total. The average Bonchev–Trinajstić information content (AvgIpc) is 2.54. The smallest absolute Gasteiger partial charge is 0.211 e. The number of benzene rings is 1. The van der Waals surface area contributed by atoms with Crippen LogP contribution in [0.1, 0.15) is 37.7 Å². The highest BCUT2D eigenvalue weighted by Gasteiger charge is 2.43. The third-order valence-electron chi connectivity index (χ3n) is 5.69. The maximum absolute atomic E-state index is 11.8. The van der Waals surface area contributed by atoms with Gasteiger partial charge in [0.15, 0.2) is 0 Å². The molecule has 1 spiro atoms. The van der Waals surface area contributed by atoms with Crippen molar-refractivity contribution in [2.45, 2.75) is 32.1 Å². The normalized spacial score (nSPS) is 26.4. The summed E-state index contributed by atoms with van der Waals surface area (Å²) >= 11 is 0. The molecule has 0 amide bonds. The Balaban J connectivity index is 1.77. The number of sulfonamides is 1. The summed E-state index contributed by atoms with van der Waals surface area (Å²) in [4.78, 5) is 2.55. The van der Waals surface area contributed by atoms with Crippen LogP contribution in [0.4, 0.5) is 0 Å². The topological polar surface area (TPSA) is 40.6 Å². The van der Waals surface area contributed by atoms with Gasteiger partial charge >= 0.3 is 0 Å². The summed E-state index contributed by atoms with van der Waals surface area (Å²) in [5, 5.41) is 0. The minimum Gasteiger partial charge on any atom is -0.302 e. The molecule has 128 valence electrons. The van der Waals surface area contributed by atoms with Gasteiger partial charge in [0.2, 0.25) is 10.0 Å². The predicted octanol–water partition coefficient (Wildman–Crippen LogP) is 2.54. The Kier molecular flexibility index (Phi) is 4.81. The summed E-state index contributed by atoms with van der Waals surface area (Å²) in [6.45, 7) is 6.89. The third-order valence-corrected chi connectivity index (χ3v) is 6.99. The largest absolute Gasteiger partial charge is 0.302 e. The van der Waals surface area contributed by atoms with Crippen LogP contribution >= 0.6 is 0 Å². The summed E-state index contributed by atoms with van der Waals surface area (Å²) in [7, 11) is -3.05. The Morgan fingerprint density at radius 3 is 2.39 bits per heavy atom. The lowest BCUT2D eigenvalue weighted by atomic mass is 9.68. The molecule has 1 aromatic carbocycles. The van der Waals surface area contributed by atoms with Gasteiger partial charge in [0, 0.05) is 26.2 Å². The molecule has 0 N–H and O–H groups in total. The molecule has 0 aliphatic carbocycles. The van der Waals surface area contributed by atoms with Gasteiger partial charge in [-0.2, -0.15) is 0 Å². The minimum atomic E-state index is -3.05. The number of hydrogen-bond acceptors (Lipinski definition) is 3. The van der Waals surface area contributed by atoms with Crippen LogP contribution in [0.2, 0.25) is 0 Å². The van der Waals surface area contributed by atoms with Gasteiger partial charge < -0.3 is 4.90 Å². The van der Waals surface area contributed by atoms with E-state index < -0.39 is 10.0 Å². The van der Waals surface area contributed by atoms with Crippen LogP contribution < -0.4 is 0 Å². The maximum atomic E-state index is 11.8. The summed E-state index contributed by atoms with van der Waals surface area (Å²) in [6.07, 6.45) is 4.49. The molecule has 2 aliphatic rings. The highest BCUT2D eigenvalue weighted by Crippen LogP contribution is 2.45. The standard InChI is InChI=1S/C18H28N2O2S/c1-3-19-14-17(16-7-5-4-6-8-16)13-18(15-19)9-11-20(12-10-18)23(2,21)22/h4-8,17H,3,9-15H2,1-2H3. The second kappa shape index (κ2) is 6.54. The average molecular weight is 337 g/mol. The third kappa shape index (κ3) is 3.78. The minimum absolute atomic E-state index is 0.274. The van der Waals surface area contributed by atoms with Crippen molar-refractivity contribution in [3.05, 3.63) is 35.9 Å². The van der Waals surface area contributed by atoms with E-state index in [2.05, 4.69) is 42.2 Å². The Hall–Kier alpha value is -0.910. The van der Waals surface area contributed by atoms with Gasteiger partial charge in [0.1, 0.15) is 0 Å². The Morgan fingerprint density at radius 1 is 1.17 bits per heavy atom. The molecular weight excluding hydrogens is 308 g/mol. The lowest BCUT2D eigenvalue weighted by Gasteiger charge is -2.50. The highest BCUT2D eigenvalue weighted by atomic mass is 32.2. The van der Waals surface area contributed by atoms with Crippen LogP contribution in [0.25, 0.3) is 0 Å². The fourth-order valence-electron chi connectivity index (χ4n) is 4.35. The first kappa shape index (κ1) is 16.9. The first-order chi connectivity index (χ1) is 10.9. The maximum Gasteiger partial charge on any atom is 0.211 e. The number of rotatable bonds is 3. The van der Waals surface area contributed by atoms with Crippen LogP contribution in [0, 0.1) is 5.41 Å². The van der Waals surface area contributed by atoms with E-state index in [4.69, 9.17) is 0 Å². The monoisotopic (exact) mass is 336 g/mol. The molecule has 0 bridgehead atoms. The number of likely N-dealkylation sites (tertiary alicyclic amines) is 1. The van der Waals surface area contributed by atoms with Crippen LogP contribution in [0.3, 0.4) is 0 Å². The molecule has 0 radical (unpaired) electrons. The summed E-state index contributed by atoms with van der Waals surface area (Å²) in [6, 6.07) is 10.8. The quantitative estimate of drug-likeness (QED) is 0.852. The van der Waals surface area contributed by atoms with Crippen molar-refractivity contribution in [1.29, 1.82) is 0 Å². The molecule has 0 aromatic heterocycles. The second-order valence-corrected chi connectivity index (χ2v) is 9.28. The van der Waals surface area contributed by atoms with Crippen LogP contribution in [0.5, 0.6) is 0 Å². The molecule has 3 rings (SSSR count). The molecule has 0 saturated carbocycles. The zero-order chi connectivity index (χ0) is 16.5. The Labute approximate surface area is 140 Å². The van der Waals surface area contributed by atoms with Gasteiger partial charge in [-0.1, -0.05) is 37.3 Å². The fraction of sp³-hybridized carbons (Fsp3) is 0.667. The van der Waals surface area contributed by atoms with Crippen molar-refractivity contribution >= 4 is 10.0 Å². The van der Waals surface area contributed by atoms with Crippen molar-refractivity contribution in [3.63, 3.8) is 0 Å². The Bertz CT molecular complexity index is 622. The van der Waals surface area contributed by atoms with Gasteiger partial charge in [-0.25, -0.2) is 12.7 Å². The first-order valence-corrected chi connectivity index (χ1v) is 10.5. The zero-order valence-electron chi connectivity index (χ0n) is 14.2. The van der Waals surface area contributed by atoms with Gasteiger partial charge in [0.05, 0.1) is 6.26 Å². The van der Waals surface area contributed by atoms with E-state index in [-0.39, 0.29) is 5.41 Å². The van der Waals surface area contributed by atoms with E-state index in [0.717, 1.165) is 32.5 Å². The SMILES string of the molecule is CCN1CC(c2ccccc2)CC2(CCN(S(C)(=O)=O)CC2)C1. The van der Waals surface area contributed by atoms with E-state index >= 15 is 0 Å². The van der Waals surface area contributed by atoms with E-state index in [1.807, 2.05) is 0 Å². The molecule has 2 fully saturated rings. The summed E-state index contributed by atoms with van der Waals surface area (Å²) in [5.41, 5.74) is 1.70. The van der Waals surface area contributed by atoms with Gasteiger partial charge in [-0.3, -0.25) is 0 Å². The van der Waals surface area contributed by atoms with Crippen LogP contribution in [0.15, 0.2) is 30.3 Å². The molecule has 23 heavy (non-hydrogen) atoms. The molecule has 1 unspecified atom stereocenters. The van der Waals surface area contributed by atoms with E-state index in [0.29, 0.717) is 19.0 Å². The number of likely N-dealkylation sites (N-methyl/N-ethyl adjacent to an activating group) is 1. The van der Waals surface area contributed by atoms with Crippen LogP contribution in [-0.2, 0) is 10.0 Å². The predicted molar refractivity (Wildman–Crippen MR) is 94.0 cm³/mol. The van der Waals surface area contributed by atoms with Crippen molar-refractivity contribution in [2.24, 2.45) is 5.41 Å². The lowest BCUT2D eigenvalue weighted by Crippen LogP contribution is -2.52. The van der Waals surface area contributed by atoms with Crippen molar-refractivity contribution < 1.29 is 8.42 Å². The summed E-state index contributed by atoms with van der Waals surface area (Å²) in [5.74, 6) is 0.565. The molecule has 1 atom stereocenters. The molecule has 2 saturated heterocycles. The first-order valence-electron chi connectivity index (χ1n) is 8.64. The number of nitrogens with zero attached hydrogens (tertiary/aromatic N) is 2. The fourth-order valence-corrected chi connectivity index (χ4v) is 5.19. The van der Waals surface area contributed by atoms with Crippen molar-refractivity contribution in [2.75, 3.05) is 39.0 Å². The molecule has 2 aliphatic heterocycles. The molecular formula is C18H28N2O2S. The van der Waals surface area contributed by atoms with Crippen molar-refractivity contribution in [1.82, 2.24) is 9.21 Å². The highest BCUT2D eigenvalue weighted by molar-refractivity contribution is 7.88. The van der Waals surface area contributed by atoms with Crippen LogP contribution in [-0.4, -0.2) is 56.6 Å². The van der Waals surface area contributed by atoms with E-state index in [1.54, 1.807) is 4.31 Å². The number of hydrogen-bond donors (Lipinski definition) is 0. The second-order valence-electron chi connectivity index (χ2n) is 7.30. The van der Waals surface area contributed by atoms with E-state index in [9.17, 15) is 8.42 Å². The number of piperidine rings is 2. The van der Waals surface area contributed by atoms with E-state index in [1.165, 1.54) is 18.2 Å². The molecule has 2 heterocycles. The lowest BCUT2D eigenvalue weighted by molar-refractivity contribution is 0.0338. The molecule has 1 aromatic rings. The van der Waals surface area contributed by atoms with Gasteiger partial charge in [0.25, 0.3) is 0 Å². The zero-order valence-corrected chi connectivity index (χ0v) is 15.1. The van der Waals surface area contributed by atoms with Gasteiger partial charge in [-0.15, -0.1) is 0 Å². The Morgan fingerprint density at radius 2 is 1.83 bits per heavy atom. The summed E-state index contributed by atoms with van der Waals surface area (Å²) < 4.78 is 25.2. The van der Waals surface area contributed by atoms with Gasteiger partial charge in [-0.05, 0) is 42.7 Å². The van der Waals surface area contributed by atoms with Crippen molar-refractivity contribution in [3.8, 4) is 0 Å².